The second kappa shape index (κ2) is 4.25. The molecule has 0 saturated carbocycles. The monoisotopic (exact) mass is 450 g/mol. The van der Waals surface area contributed by atoms with E-state index in [4.69, 9.17) is 5.11 Å². The van der Waals surface area contributed by atoms with Gasteiger partial charge < -0.3 is 5.11 Å². The summed E-state index contributed by atoms with van der Waals surface area (Å²) in [7, 11) is 0. The molecular formula is C3HI3O2. The summed E-state index contributed by atoms with van der Waals surface area (Å²) in [5, 5.41) is 8.28. The van der Waals surface area contributed by atoms with E-state index in [1.165, 1.54) is 0 Å². The van der Waals surface area contributed by atoms with Gasteiger partial charge >= 0.3 is 5.97 Å². The van der Waals surface area contributed by atoms with Crippen molar-refractivity contribution in [2.75, 3.05) is 0 Å². The predicted molar refractivity (Wildman–Crippen MR) is 56.7 cm³/mol. The van der Waals surface area contributed by atoms with Crippen LogP contribution in [0.4, 0.5) is 0 Å². The molecule has 0 aliphatic heterocycles. The van der Waals surface area contributed by atoms with Gasteiger partial charge in [-0.15, -0.1) is 0 Å². The molecule has 0 aromatic carbocycles. The van der Waals surface area contributed by atoms with Gasteiger partial charge in [0.2, 0.25) is 0 Å². The van der Waals surface area contributed by atoms with E-state index in [-0.39, 0.29) is 0 Å². The average molecular weight is 450 g/mol. The van der Waals surface area contributed by atoms with Crippen molar-refractivity contribution < 1.29 is 9.90 Å². The minimum Gasteiger partial charge on any atom is -0.477 e. The number of carboxylic acids is 1. The second-order valence-electron chi connectivity index (χ2n) is 0.880. The van der Waals surface area contributed by atoms with Crippen LogP contribution in [0.15, 0.2) is 5.17 Å². The van der Waals surface area contributed by atoms with Crippen molar-refractivity contribution in [2.45, 2.75) is 0 Å². The molecule has 0 radical (unpaired) electrons. The molecule has 0 aromatic heterocycles. The maximum absolute atomic E-state index is 10.1. The van der Waals surface area contributed by atoms with Gasteiger partial charge in [-0.25, -0.2) is 4.79 Å². The molecule has 0 rings (SSSR count). The average Bonchev–Trinajstić information content (AvgIpc) is 1.64. The molecule has 8 heavy (non-hydrogen) atoms. The van der Waals surface area contributed by atoms with Crippen LogP contribution in [0.25, 0.3) is 0 Å². The second-order valence-corrected chi connectivity index (χ2v) is 6.18. The highest BCUT2D eigenvalue weighted by Gasteiger charge is 2.04. The zero-order valence-corrected chi connectivity index (χ0v) is 9.96. The van der Waals surface area contributed by atoms with E-state index >= 15 is 0 Å². The largest absolute Gasteiger partial charge is 0.477 e. The lowest BCUT2D eigenvalue weighted by Gasteiger charge is -1.87. The summed E-state index contributed by atoms with van der Waals surface area (Å²) < 4.78 is 1.16. The minimum atomic E-state index is -0.857. The summed E-state index contributed by atoms with van der Waals surface area (Å²) in [6, 6.07) is 0. The van der Waals surface area contributed by atoms with Crippen LogP contribution in [-0.2, 0) is 4.79 Å². The standard InChI is InChI=1S/C3HI3O2/c4-1(2(5)6)3(7)8/h(H,7,8). The molecule has 0 spiro atoms. The molecule has 0 unspecified atom stereocenters. The molecule has 0 amide bonds. The van der Waals surface area contributed by atoms with E-state index in [0.29, 0.717) is 3.58 Å². The molecule has 0 aliphatic rings. The van der Waals surface area contributed by atoms with E-state index < -0.39 is 5.97 Å². The molecule has 0 saturated heterocycles. The fraction of sp³-hybridized carbons (Fsp3) is 0. The van der Waals surface area contributed by atoms with Gasteiger partial charge in [0.1, 0.15) is 3.58 Å². The Morgan fingerprint density at radius 2 is 1.62 bits per heavy atom. The highest BCUT2D eigenvalue weighted by Crippen LogP contribution is 2.24. The van der Waals surface area contributed by atoms with Gasteiger partial charge in [-0.3, -0.25) is 0 Å². The van der Waals surface area contributed by atoms with E-state index in [1.54, 1.807) is 22.6 Å². The van der Waals surface area contributed by atoms with Gasteiger partial charge in [0.05, 0.1) is 1.59 Å². The number of hydrogen-bond acceptors (Lipinski definition) is 1. The summed E-state index contributed by atoms with van der Waals surface area (Å²) in [4.78, 5) is 10.1. The van der Waals surface area contributed by atoms with Crippen LogP contribution in [0.3, 0.4) is 0 Å². The van der Waals surface area contributed by atoms with Crippen LogP contribution in [0.5, 0.6) is 0 Å². The van der Waals surface area contributed by atoms with Crippen LogP contribution in [0, 0.1) is 0 Å². The lowest BCUT2D eigenvalue weighted by atomic mass is 10.7. The molecule has 0 aromatic rings. The van der Waals surface area contributed by atoms with Gasteiger partial charge in [0, 0.05) is 0 Å². The zero-order valence-electron chi connectivity index (χ0n) is 3.49. The van der Waals surface area contributed by atoms with Crippen molar-refractivity contribution in [3.63, 3.8) is 0 Å². The third kappa shape index (κ3) is 3.43. The summed E-state index contributed by atoms with van der Waals surface area (Å²) >= 11 is 5.71. The molecule has 0 fully saturated rings. The summed E-state index contributed by atoms with van der Waals surface area (Å²) in [6.45, 7) is 0. The molecule has 46 valence electrons. The maximum atomic E-state index is 10.1. The first-order valence-corrected chi connectivity index (χ1v) is 4.73. The van der Waals surface area contributed by atoms with E-state index in [2.05, 4.69) is 0 Å². The highest BCUT2D eigenvalue weighted by atomic mass is 127. The SMILES string of the molecule is O=C(O)C(I)=C(I)I. The molecular weight excluding hydrogens is 449 g/mol. The molecule has 1 N–H and O–H groups in total. The Morgan fingerprint density at radius 3 is 1.62 bits per heavy atom. The van der Waals surface area contributed by atoms with Crippen molar-refractivity contribution >= 4 is 73.7 Å². The number of carboxylic acid groups (broad SMARTS) is 1. The van der Waals surface area contributed by atoms with Crippen molar-refractivity contribution in [1.29, 1.82) is 0 Å². The van der Waals surface area contributed by atoms with Crippen molar-refractivity contribution in [3.8, 4) is 0 Å². The predicted octanol–water partition coefficient (Wildman–Crippen LogP) is 2.55. The van der Waals surface area contributed by atoms with Gasteiger partial charge in [0.25, 0.3) is 0 Å². The normalized spacial score (nSPS) is 8.38. The molecule has 0 atom stereocenters. The van der Waals surface area contributed by atoms with Crippen LogP contribution in [0.2, 0.25) is 0 Å². The summed E-state index contributed by atoms with van der Waals surface area (Å²) in [5.74, 6) is -0.857. The summed E-state index contributed by atoms with van der Waals surface area (Å²) in [5.41, 5.74) is 0. The highest BCUT2D eigenvalue weighted by molar-refractivity contribution is 14.2. The van der Waals surface area contributed by atoms with Crippen LogP contribution in [-0.4, -0.2) is 11.1 Å². The smallest absolute Gasteiger partial charge is 0.343 e. The van der Waals surface area contributed by atoms with Crippen LogP contribution >= 0.6 is 67.8 Å². The quantitative estimate of drug-likeness (QED) is 0.493. The minimum absolute atomic E-state index is 0.379. The number of rotatable bonds is 1. The fourth-order valence-electron chi connectivity index (χ4n) is 0.0808. The Kier molecular flexibility index (Phi) is 5.00. The van der Waals surface area contributed by atoms with Gasteiger partial charge in [0.15, 0.2) is 0 Å². The van der Waals surface area contributed by atoms with E-state index in [1.807, 2.05) is 45.2 Å². The first-order chi connectivity index (χ1) is 3.55. The van der Waals surface area contributed by atoms with Crippen LogP contribution < -0.4 is 0 Å². The molecule has 0 aliphatic carbocycles. The number of carbonyl (C=O) groups is 1. The fourth-order valence-corrected chi connectivity index (χ4v) is 0.542. The van der Waals surface area contributed by atoms with Crippen molar-refractivity contribution in [3.05, 3.63) is 5.17 Å². The molecule has 0 heterocycles. The molecule has 2 nitrogen and oxygen atoms in total. The first kappa shape index (κ1) is 9.40. The lowest BCUT2D eigenvalue weighted by Crippen LogP contribution is -1.92. The van der Waals surface area contributed by atoms with Crippen LogP contribution in [0.1, 0.15) is 0 Å². The van der Waals surface area contributed by atoms with E-state index in [0.717, 1.165) is 1.59 Å². The van der Waals surface area contributed by atoms with Crippen molar-refractivity contribution in [1.82, 2.24) is 0 Å². The Morgan fingerprint density at radius 1 is 1.25 bits per heavy atom. The molecule has 5 heteroatoms. The summed E-state index contributed by atoms with van der Waals surface area (Å²) in [6.07, 6.45) is 0. The number of halogens is 3. The Balaban J connectivity index is 4.23. The Labute approximate surface area is 87.5 Å². The van der Waals surface area contributed by atoms with Gasteiger partial charge in [-0.2, -0.15) is 0 Å². The number of hydrogen-bond donors (Lipinski definition) is 1. The van der Waals surface area contributed by atoms with E-state index in [9.17, 15) is 4.79 Å². The Bertz CT molecular complexity index is 135. The topological polar surface area (TPSA) is 37.3 Å². The van der Waals surface area contributed by atoms with Crippen molar-refractivity contribution in [2.24, 2.45) is 0 Å². The molecule has 0 bridgehead atoms. The third-order valence-electron chi connectivity index (χ3n) is 0.354. The first-order valence-electron chi connectivity index (χ1n) is 1.49. The van der Waals surface area contributed by atoms with Gasteiger partial charge in [-0.05, 0) is 67.8 Å². The zero-order chi connectivity index (χ0) is 6.73. The van der Waals surface area contributed by atoms with Gasteiger partial charge in [-0.1, -0.05) is 0 Å². The maximum Gasteiger partial charge on any atom is 0.343 e. The Hall–Kier alpha value is 1.40. The third-order valence-corrected chi connectivity index (χ3v) is 4.50. The number of aliphatic carboxylic acids is 1. The lowest BCUT2D eigenvalue weighted by molar-refractivity contribution is -0.131.